The van der Waals surface area contributed by atoms with Crippen molar-refractivity contribution in [1.82, 2.24) is 5.01 Å². The summed E-state index contributed by atoms with van der Waals surface area (Å²) in [4.78, 5) is 0. The Morgan fingerprint density at radius 1 is 1.07 bits per heavy atom. The molecule has 142 valence electrons. The molecule has 0 fully saturated rings. The van der Waals surface area contributed by atoms with Gasteiger partial charge < -0.3 is 4.74 Å². The van der Waals surface area contributed by atoms with E-state index in [-0.39, 0.29) is 12.3 Å². The van der Waals surface area contributed by atoms with Gasteiger partial charge in [-0.2, -0.15) is 5.10 Å². The second kappa shape index (κ2) is 6.98. The van der Waals surface area contributed by atoms with E-state index in [1.165, 1.54) is 10.8 Å². The van der Waals surface area contributed by atoms with Gasteiger partial charge in [0.15, 0.2) is 6.23 Å². The SMILES string of the molecule is CCC[C@@H]1Oc2c(Cl)cc(Cl)cc2[C@H]2CC(c3ccc4ccccc4c3)=NN12. The van der Waals surface area contributed by atoms with Crippen LogP contribution in [-0.2, 0) is 0 Å². The topological polar surface area (TPSA) is 24.8 Å². The van der Waals surface area contributed by atoms with Gasteiger partial charge in [-0.3, -0.25) is 5.01 Å². The highest BCUT2D eigenvalue weighted by Crippen LogP contribution is 2.47. The van der Waals surface area contributed by atoms with Crippen molar-refractivity contribution in [3.05, 3.63) is 75.8 Å². The van der Waals surface area contributed by atoms with E-state index in [0.29, 0.717) is 10.0 Å². The number of hydrogen-bond acceptors (Lipinski definition) is 3. The molecule has 5 rings (SSSR count). The molecule has 0 spiro atoms. The van der Waals surface area contributed by atoms with Crippen molar-refractivity contribution in [3.63, 3.8) is 0 Å². The van der Waals surface area contributed by atoms with E-state index in [0.717, 1.165) is 41.9 Å². The van der Waals surface area contributed by atoms with Crippen molar-refractivity contribution in [2.75, 3.05) is 0 Å². The largest absolute Gasteiger partial charge is 0.467 e. The maximum Gasteiger partial charge on any atom is 0.187 e. The molecule has 0 radical (unpaired) electrons. The molecule has 28 heavy (non-hydrogen) atoms. The number of halogens is 2. The first-order chi connectivity index (χ1) is 13.6. The molecule has 0 bridgehead atoms. The van der Waals surface area contributed by atoms with Crippen LogP contribution in [0.4, 0.5) is 0 Å². The van der Waals surface area contributed by atoms with Gasteiger partial charge in [-0.1, -0.05) is 72.9 Å². The van der Waals surface area contributed by atoms with Crippen LogP contribution in [0.3, 0.4) is 0 Å². The maximum absolute atomic E-state index is 6.46. The van der Waals surface area contributed by atoms with Gasteiger partial charge in [0, 0.05) is 23.4 Å². The third-order valence-corrected chi connectivity index (χ3v) is 6.00. The summed E-state index contributed by atoms with van der Waals surface area (Å²) >= 11 is 12.7. The van der Waals surface area contributed by atoms with Gasteiger partial charge in [0.1, 0.15) is 5.75 Å². The first-order valence-electron chi connectivity index (χ1n) is 9.64. The van der Waals surface area contributed by atoms with Crippen molar-refractivity contribution in [3.8, 4) is 5.75 Å². The van der Waals surface area contributed by atoms with Crippen LogP contribution in [-0.4, -0.2) is 16.9 Å². The molecule has 0 saturated heterocycles. The Kier molecular flexibility index (Phi) is 4.45. The molecule has 0 aromatic heterocycles. The highest BCUT2D eigenvalue weighted by molar-refractivity contribution is 6.35. The zero-order valence-corrected chi connectivity index (χ0v) is 17.0. The van der Waals surface area contributed by atoms with Gasteiger partial charge in [-0.05, 0) is 34.5 Å². The Balaban J connectivity index is 1.57. The summed E-state index contributed by atoms with van der Waals surface area (Å²) in [5.74, 6) is 0.751. The Hall–Kier alpha value is -2.23. The Labute approximate surface area is 174 Å². The molecule has 0 saturated carbocycles. The van der Waals surface area contributed by atoms with Gasteiger partial charge in [0.05, 0.1) is 16.8 Å². The minimum Gasteiger partial charge on any atom is -0.467 e. The normalized spacial score (nSPS) is 20.5. The van der Waals surface area contributed by atoms with E-state index < -0.39 is 0 Å². The lowest BCUT2D eigenvalue weighted by Gasteiger charge is -2.38. The van der Waals surface area contributed by atoms with E-state index in [2.05, 4.69) is 54.4 Å². The van der Waals surface area contributed by atoms with Crippen molar-refractivity contribution < 1.29 is 4.74 Å². The first-order valence-corrected chi connectivity index (χ1v) is 10.4. The zero-order valence-electron chi connectivity index (χ0n) is 15.5. The molecule has 0 amide bonds. The fourth-order valence-corrected chi connectivity index (χ4v) is 4.72. The van der Waals surface area contributed by atoms with Crippen molar-refractivity contribution in [2.45, 2.75) is 38.5 Å². The molecule has 3 aromatic carbocycles. The molecule has 2 heterocycles. The molecule has 2 atom stereocenters. The van der Waals surface area contributed by atoms with Crippen molar-refractivity contribution in [1.29, 1.82) is 0 Å². The number of ether oxygens (including phenoxy) is 1. The molecular weight excluding hydrogens is 391 g/mol. The molecule has 0 N–H and O–H groups in total. The molecule has 2 aliphatic rings. The van der Waals surface area contributed by atoms with Crippen LogP contribution in [0.5, 0.6) is 5.75 Å². The minimum atomic E-state index is -0.112. The average molecular weight is 411 g/mol. The molecule has 0 aliphatic carbocycles. The Bertz CT molecular complexity index is 1100. The summed E-state index contributed by atoms with van der Waals surface area (Å²) in [5.41, 5.74) is 3.24. The van der Waals surface area contributed by atoms with Crippen molar-refractivity contribution >= 4 is 39.7 Å². The number of fused-ring (bicyclic) bond motifs is 4. The fourth-order valence-electron chi connectivity index (χ4n) is 4.17. The zero-order chi connectivity index (χ0) is 19.3. The molecule has 2 aliphatic heterocycles. The number of hydrazone groups is 1. The van der Waals surface area contributed by atoms with Crippen molar-refractivity contribution in [2.24, 2.45) is 5.10 Å². The van der Waals surface area contributed by atoms with E-state index in [4.69, 9.17) is 33.0 Å². The van der Waals surface area contributed by atoms with Crippen LogP contribution in [0.2, 0.25) is 10.0 Å². The standard InChI is InChI=1S/C23H20Cl2N2O/c1-2-5-22-27-21(18-11-17(24)12-19(25)23(18)28-22)13-20(26-27)16-9-8-14-6-3-4-7-15(14)10-16/h3-4,6-12,21-22H,2,5,13H2,1H3/t21-,22+/m1/s1. The fraction of sp³-hybridized carbons (Fsp3) is 0.261. The minimum absolute atomic E-state index is 0.0953. The van der Waals surface area contributed by atoms with Gasteiger partial charge in [-0.15, -0.1) is 0 Å². The second-order valence-electron chi connectivity index (χ2n) is 7.38. The molecular formula is C23H20Cl2N2O. The molecule has 5 heteroatoms. The van der Waals surface area contributed by atoms with E-state index in [1.54, 1.807) is 6.07 Å². The van der Waals surface area contributed by atoms with Crippen LogP contribution in [0.1, 0.15) is 43.4 Å². The number of benzene rings is 3. The summed E-state index contributed by atoms with van der Waals surface area (Å²) in [6.07, 6.45) is 2.60. The third kappa shape index (κ3) is 2.94. The molecule has 3 aromatic rings. The van der Waals surface area contributed by atoms with Gasteiger partial charge in [0.2, 0.25) is 0 Å². The lowest BCUT2D eigenvalue weighted by molar-refractivity contribution is -0.0222. The van der Waals surface area contributed by atoms with Crippen LogP contribution in [0.25, 0.3) is 10.8 Å². The third-order valence-electron chi connectivity index (χ3n) is 5.51. The molecule has 0 unspecified atom stereocenters. The number of rotatable bonds is 3. The lowest BCUT2D eigenvalue weighted by Crippen LogP contribution is -2.40. The highest BCUT2D eigenvalue weighted by Gasteiger charge is 2.40. The number of nitrogens with zero attached hydrogens (tertiary/aromatic N) is 2. The average Bonchev–Trinajstić information content (AvgIpc) is 3.15. The monoisotopic (exact) mass is 410 g/mol. The Morgan fingerprint density at radius 3 is 2.71 bits per heavy atom. The summed E-state index contributed by atoms with van der Waals surface area (Å²) in [7, 11) is 0. The summed E-state index contributed by atoms with van der Waals surface area (Å²) < 4.78 is 6.25. The maximum atomic E-state index is 6.46. The smallest absolute Gasteiger partial charge is 0.187 e. The van der Waals surface area contributed by atoms with Gasteiger partial charge in [-0.25, -0.2) is 0 Å². The Morgan fingerprint density at radius 2 is 1.89 bits per heavy atom. The van der Waals surface area contributed by atoms with E-state index in [9.17, 15) is 0 Å². The van der Waals surface area contributed by atoms with Crippen LogP contribution in [0, 0.1) is 0 Å². The summed E-state index contributed by atoms with van der Waals surface area (Å²) in [6.45, 7) is 2.15. The second-order valence-corrected chi connectivity index (χ2v) is 8.22. The predicted octanol–water partition coefficient (Wildman–Crippen LogP) is 6.82. The predicted molar refractivity (Wildman–Crippen MR) is 115 cm³/mol. The van der Waals surface area contributed by atoms with Crippen LogP contribution < -0.4 is 4.74 Å². The van der Waals surface area contributed by atoms with Crippen LogP contribution in [0.15, 0.2) is 59.7 Å². The quantitative estimate of drug-likeness (QED) is 0.473. The summed E-state index contributed by atoms with van der Waals surface area (Å²) in [6, 6.07) is 18.7. The van der Waals surface area contributed by atoms with Crippen LogP contribution >= 0.6 is 23.2 Å². The number of hydrogen-bond donors (Lipinski definition) is 0. The lowest BCUT2D eigenvalue weighted by atomic mass is 9.95. The van der Waals surface area contributed by atoms with E-state index >= 15 is 0 Å². The summed E-state index contributed by atoms with van der Waals surface area (Å²) in [5, 5.41) is 10.7. The first kappa shape index (κ1) is 17.8. The van der Waals surface area contributed by atoms with Gasteiger partial charge >= 0.3 is 0 Å². The molecule has 3 nitrogen and oxygen atoms in total. The van der Waals surface area contributed by atoms with E-state index in [1.807, 2.05) is 6.07 Å². The highest BCUT2D eigenvalue weighted by atomic mass is 35.5. The van der Waals surface area contributed by atoms with Gasteiger partial charge in [0.25, 0.3) is 0 Å².